The van der Waals surface area contributed by atoms with Crippen molar-refractivity contribution in [3.05, 3.63) is 23.3 Å². The molecule has 6 heteroatoms. The van der Waals surface area contributed by atoms with Crippen molar-refractivity contribution in [1.82, 2.24) is 0 Å². The first kappa shape index (κ1) is 14.3. The molecule has 0 aliphatic heterocycles. The molecule has 0 amide bonds. The average molecular weight is 255 g/mol. The van der Waals surface area contributed by atoms with Crippen LogP contribution in [-0.2, 0) is 16.1 Å². The van der Waals surface area contributed by atoms with E-state index in [-0.39, 0.29) is 6.61 Å². The van der Waals surface area contributed by atoms with E-state index in [1.165, 1.54) is 21.3 Å². The minimum atomic E-state index is -1.19. The van der Waals surface area contributed by atoms with Gasteiger partial charge in [0.25, 0.3) is 0 Å². The van der Waals surface area contributed by atoms with E-state index in [9.17, 15) is 4.79 Å². The van der Waals surface area contributed by atoms with Crippen molar-refractivity contribution in [3.63, 3.8) is 0 Å². The Kier molecular flexibility index (Phi) is 4.94. The largest absolute Gasteiger partial charge is 0.493 e. The summed E-state index contributed by atoms with van der Waals surface area (Å²) >= 11 is 0. The quantitative estimate of drug-likeness (QED) is 0.786. The molecule has 0 saturated heterocycles. The lowest BCUT2D eigenvalue weighted by atomic mass is 9.99. The summed E-state index contributed by atoms with van der Waals surface area (Å²) in [7, 11) is 4.43. The normalized spacial score (nSPS) is 12.0. The molecule has 0 aromatic heterocycles. The molecule has 0 aliphatic carbocycles. The molecule has 0 radical (unpaired) electrons. The third kappa shape index (κ3) is 2.72. The summed E-state index contributed by atoms with van der Waals surface area (Å²) in [4.78, 5) is 11.1. The highest BCUT2D eigenvalue weighted by Gasteiger charge is 2.25. The number of hydrogen-bond donors (Lipinski definition) is 2. The van der Waals surface area contributed by atoms with Crippen molar-refractivity contribution in [2.24, 2.45) is 5.73 Å². The molecule has 0 aliphatic rings. The minimum absolute atomic E-state index is 0.247. The number of rotatable bonds is 6. The highest BCUT2D eigenvalue weighted by atomic mass is 16.5. The van der Waals surface area contributed by atoms with Crippen LogP contribution in [0.15, 0.2) is 12.1 Å². The van der Waals surface area contributed by atoms with Crippen LogP contribution in [0.5, 0.6) is 11.5 Å². The lowest BCUT2D eigenvalue weighted by Crippen LogP contribution is -2.23. The molecule has 1 atom stereocenters. The number of carboxylic acid groups (broad SMARTS) is 1. The van der Waals surface area contributed by atoms with Crippen molar-refractivity contribution in [2.75, 3.05) is 21.3 Å². The highest BCUT2D eigenvalue weighted by molar-refractivity contribution is 5.78. The molecule has 1 rings (SSSR count). The lowest BCUT2D eigenvalue weighted by molar-refractivity contribution is -0.138. The Hall–Kier alpha value is -1.79. The van der Waals surface area contributed by atoms with Gasteiger partial charge in [-0.2, -0.15) is 0 Å². The number of aliphatic carboxylic acids is 1. The fourth-order valence-electron chi connectivity index (χ4n) is 1.74. The zero-order chi connectivity index (χ0) is 13.7. The summed E-state index contributed by atoms with van der Waals surface area (Å²) in [5, 5.41) is 9.05. The van der Waals surface area contributed by atoms with Gasteiger partial charge in [0, 0.05) is 12.7 Å². The molecule has 0 spiro atoms. The minimum Gasteiger partial charge on any atom is -0.493 e. The Morgan fingerprint density at radius 2 is 2.00 bits per heavy atom. The Balaban J connectivity index is 3.42. The second kappa shape index (κ2) is 6.23. The summed E-state index contributed by atoms with van der Waals surface area (Å²) < 4.78 is 15.4. The van der Waals surface area contributed by atoms with Crippen LogP contribution in [0.3, 0.4) is 0 Å². The zero-order valence-electron chi connectivity index (χ0n) is 10.6. The van der Waals surface area contributed by atoms with Crippen LogP contribution in [0.1, 0.15) is 17.2 Å². The van der Waals surface area contributed by atoms with Gasteiger partial charge in [0.1, 0.15) is 6.04 Å². The maximum absolute atomic E-state index is 11.1. The highest BCUT2D eigenvalue weighted by Crippen LogP contribution is 2.37. The van der Waals surface area contributed by atoms with Crippen molar-refractivity contribution >= 4 is 5.97 Å². The predicted octanol–water partition coefficient (Wildman–Crippen LogP) is 0.935. The zero-order valence-corrected chi connectivity index (χ0v) is 10.6. The molecule has 1 aromatic carbocycles. The maximum atomic E-state index is 11.1. The van der Waals surface area contributed by atoms with Gasteiger partial charge in [0.05, 0.1) is 20.8 Å². The molecule has 0 bridgehead atoms. The standard InChI is InChI=1S/C12H17NO5/c1-16-6-7-4-5-8(17-2)11(18-3)9(7)10(13)12(14)15/h4-5,10H,6,13H2,1-3H3,(H,14,15). The maximum Gasteiger partial charge on any atom is 0.325 e. The smallest absolute Gasteiger partial charge is 0.325 e. The Labute approximate surface area is 105 Å². The molecular formula is C12H17NO5. The van der Waals surface area contributed by atoms with Gasteiger partial charge in [-0.3, -0.25) is 4.79 Å². The van der Waals surface area contributed by atoms with Crippen LogP contribution >= 0.6 is 0 Å². The van der Waals surface area contributed by atoms with Gasteiger partial charge in [-0.05, 0) is 11.6 Å². The lowest BCUT2D eigenvalue weighted by Gasteiger charge is -2.19. The third-order valence-electron chi connectivity index (χ3n) is 2.55. The van der Waals surface area contributed by atoms with E-state index in [0.717, 1.165) is 0 Å². The number of carbonyl (C=O) groups is 1. The fraction of sp³-hybridized carbons (Fsp3) is 0.417. The molecule has 1 unspecified atom stereocenters. The van der Waals surface area contributed by atoms with Gasteiger partial charge in [0.15, 0.2) is 11.5 Å². The van der Waals surface area contributed by atoms with Gasteiger partial charge in [-0.25, -0.2) is 0 Å². The molecule has 18 heavy (non-hydrogen) atoms. The van der Waals surface area contributed by atoms with Crippen LogP contribution in [0.2, 0.25) is 0 Å². The Bertz CT molecular complexity index is 433. The van der Waals surface area contributed by atoms with Gasteiger partial charge < -0.3 is 25.1 Å². The summed E-state index contributed by atoms with van der Waals surface area (Å²) in [6.45, 7) is 0.247. The van der Waals surface area contributed by atoms with Crippen LogP contribution in [-0.4, -0.2) is 32.4 Å². The van der Waals surface area contributed by atoms with Crippen molar-refractivity contribution < 1.29 is 24.1 Å². The van der Waals surface area contributed by atoms with Crippen molar-refractivity contribution in [3.8, 4) is 11.5 Å². The fourth-order valence-corrected chi connectivity index (χ4v) is 1.74. The van der Waals surface area contributed by atoms with Gasteiger partial charge in [0.2, 0.25) is 0 Å². The Morgan fingerprint density at radius 1 is 1.33 bits per heavy atom. The predicted molar refractivity (Wildman–Crippen MR) is 64.8 cm³/mol. The van der Waals surface area contributed by atoms with E-state index in [0.29, 0.717) is 22.6 Å². The first-order valence-electron chi connectivity index (χ1n) is 5.27. The van der Waals surface area contributed by atoms with E-state index in [4.69, 9.17) is 25.1 Å². The summed E-state index contributed by atoms with van der Waals surface area (Å²) in [5.41, 5.74) is 6.70. The number of methoxy groups -OCH3 is 3. The molecule has 100 valence electrons. The SMILES string of the molecule is COCc1ccc(OC)c(OC)c1C(N)C(=O)O. The molecule has 3 N–H and O–H groups in total. The molecule has 0 fully saturated rings. The van der Waals surface area contributed by atoms with E-state index >= 15 is 0 Å². The van der Waals surface area contributed by atoms with Crippen LogP contribution < -0.4 is 15.2 Å². The van der Waals surface area contributed by atoms with Crippen LogP contribution in [0.4, 0.5) is 0 Å². The van der Waals surface area contributed by atoms with E-state index < -0.39 is 12.0 Å². The molecule has 6 nitrogen and oxygen atoms in total. The molecule has 0 heterocycles. The van der Waals surface area contributed by atoms with Gasteiger partial charge in [-0.1, -0.05) is 6.07 Å². The summed E-state index contributed by atoms with van der Waals surface area (Å²) in [6, 6.07) is 2.20. The number of benzene rings is 1. The molecular weight excluding hydrogens is 238 g/mol. The number of carboxylic acids is 1. The Morgan fingerprint density at radius 3 is 2.44 bits per heavy atom. The van der Waals surface area contributed by atoms with Crippen molar-refractivity contribution in [1.29, 1.82) is 0 Å². The second-order valence-corrected chi connectivity index (χ2v) is 3.62. The van der Waals surface area contributed by atoms with Gasteiger partial charge in [-0.15, -0.1) is 0 Å². The first-order valence-corrected chi connectivity index (χ1v) is 5.27. The van der Waals surface area contributed by atoms with E-state index in [2.05, 4.69) is 0 Å². The molecule has 0 saturated carbocycles. The first-order chi connectivity index (χ1) is 8.56. The monoisotopic (exact) mass is 255 g/mol. The van der Waals surface area contributed by atoms with E-state index in [1.54, 1.807) is 12.1 Å². The van der Waals surface area contributed by atoms with Gasteiger partial charge >= 0.3 is 5.97 Å². The molecule has 1 aromatic rings. The number of nitrogens with two attached hydrogens (primary N) is 1. The van der Waals surface area contributed by atoms with Crippen LogP contribution in [0, 0.1) is 0 Å². The second-order valence-electron chi connectivity index (χ2n) is 3.62. The van der Waals surface area contributed by atoms with Crippen molar-refractivity contribution in [2.45, 2.75) is 12.6 Å². The topological polar surface area (TPSA) is 91.0 Å². The van der Waals surface area contributed by atoms with E-state index in [1.807, 2.05) is 0 Å². The number of hydrogen-bond acceptors (Lipinski definition) is 5. The van der Waals surface area contributed by atoms with Crippen LogP contribution in [0.25, 0.3) is 0 Å². The average Bonchev–Trinajstić information content (AvgIpc) is 2.37. The number of ether oxygens (including phenoxy) is 3. The summed E-state index contributed by atoms with van der Waals surface area (Å²) in [6.07, 6.45) is 0. The third-order valence-corrected chi connectivity index (χ3v) is 2.55. The summed E-state index contributed by atoms with van der Waals surface area (Å²) in [5.74, 6) is -0.384.